The Bertz CT molecular complexity index is 2810. The van der Waals surface area contributed by atoms with Crippen molar-refractivity contribution in [1.29, 1.82) is 0 Å². The smallest absolute Gasteiger partial charge is 0.416 e. The maximum absolute atomic E-state index is 13.7. The number of alkyl halides is 12. The van der Waals surface area contributed by atoms with Gasteiger partial charge in [-0.2, -0.15) is 52.7 Å². The average molecular weight is 1150 g/mol. The maximum atomic E-state index is 13.7. The summed E-state index contributed by atoms with van der Waals surface area (Å²) in [6.07, 6.45) is -20.5. The first kappa shape index (κ1) is 63.0. The summed E-state index contributed by atoms with van der Waals surface area (Å²) in [5, 5.41) is 23.7. The van der Waals surface area contributed by atoms with E-state index < -0.39 is 117 Å². The van der Waals surface area contributed by atoms with Crippen molar-refractivity contribution in [2.24, 2.45) is 0 Å². The molecule has 2 heterocycles. The Labute approximate surface area is 447 Å². The normalized spacial score (nSPS) is 16.9. The minimum absolute atomic E-state index is 0.0118. The van der Waals surface area contributed by atoms with Crippen molar-refractivity contribution in [3.8, 4) is 23.0 Å². The van der Waals surface area contributed by atoms with Crippen molar-refractivity contribution in [2.45, 2.75) is 75.7 Å². The number of nitrogens with zero attached hydrogens (tertiary/aromatic N) is 2. The van der Waals surface area contributed by atoms with Crippen LogP contribution >= 0.6 is 0 Å². The summed E-state index contributed by atoms with van der Waals surface area (Å²) in [6.45, 7) is 5.90. The molecule has 6 rings (SSSR count). The molecule has 2 aliphatic rings. The highest BCUT2D eigenvalue weighted by Crippen LogP contribution is 2.52. The third kappa shape index (κ3) is 12.1. The van der Waals surface area contributed by atoms with Crippen molar-refractivity contribution in [2.75, 3.05) is 65.7 Å². The second-order valence-electron chi connectivity index (χ2n) is 17.2. The van der Waals surface area contributed by atoms with Gasteiger partial charge in [-0.15, -0.1) is 0 Å². The van der Waals surface area contributed by atoms with Crippen LogP contribution in [-0.4, -0.2) is 102 Å². The predicted molar refractivity (Wildman–Crippen MR) is 258 cm³/mol. The van der Waals surface area contributed by atoms with Crippen molar-refractivity contribution >= 4 is 46.6 Å². The van der Waals surface area contributed by atoms with Gasteiger partial charge in [-0.1, -0.05) is 12.2 Å². The highest BCUT2D eigenvalue weighted by atomic mass is 19.4. The second-order valence-corrected chi connectivity index (χ2v) is 17.2. The van der Waals surface area contributed by atoms with E-state index in [0.717, 1.165) is 36.2 Å². The predicted octanol–water partition coefficient (Wildman–Crippen LogP) is 11.1. The van der Waals surface area contributed by atoms with E-state index >= 15 is 0 Å². The molecule has 0 bridgehead atoms. The van der Waals surface area contributed by atoms with Gasteiger partial charge in [-0.05, 0) is 76.2 Å². The lowest BCUT2D eigenvalue weighted by Crippen LogP contribution is -2.45. The SMILES string of the molecule is CCOC(=O)N1c2cc(OC)c(OC)cc2C([C@@](O)(C(=O)OC)c2cc(C(F)(F)F)cc(C(F)(F)F)c2)=C[C@H]1C.CCOC(=O)N1c2cc(OC)c(OC)cc2C([C@](O)(C(=O)OC)c2cc(C(F)(F)F)cc(C(F)(F)F)c2)=C[C@H]1C. The number of fused-ring (bicyclic) bond motifs is 2. The number of benzene rings is 4. The van der Waals surface area contributed by atoms with Crippen LogP contribution in [0.1, 0.15) is 72.2 Å². The zero-order chi connectivity index (χ0) is 60.4. The molecule has 80 heavy (non-hydrogen) atoms. The molecule has 0 fully saturated rings. The highest BCUT2D eigenvalue weighted by Gasteiger charge is 2.52. The number of rotatable bonds is 12. The van der Waals surface area contributed by atoms with Crippen LogP contribution in [0.15, 0.2) is 72.8 Å². The van der Waals surface area contributed by atoms with Gasteiger partial charge >= 0.3 is 48.8 Å². The van der Waals surface area contributed by atoms with Crippen LogP contribution in [0.5, 0.6) is 23.0 Å². The molecular formula is C52H50F12N2O14. The Balaban J connectivity index is 0.000000294. The summed E-state index contributed by atoms with van der Waals surface area (Å²) in [4.78, 5) is 54.2. The number of ether oxygens (including phenoxy) is 8. The number of esters is 2. The van der Waals surface area contributed by atoms with E-state index in [0.29, 0.717) is 0 Å². The van der Waals surface area contributed by atoms with Gasteiger partial charge in [0.2, 0.25) is 11.2 Å². The van der Waals surface area contributed by atoms with E-state index in [1.54, 1.807) is 13.8 Å². The first-order valence-corrected chi connectivity index (χ1v) is 23.2. The lowest BCUT2D eigenvalue weighted by Gasteiger charge is -2.38. The fourth-order valence-electron chi connectivity index (χ4n) is 8.75. The Kier molecular flexibility index (Phi) is 18.5. The minimum atomic E-state index is -5.27. The molecule has 2 N–H and O–H groups in total. The highest BCUT2D eigenvalue weighted by molar-refractivity contribution is 6.06. The maximum Gasteiger partial charge on any atom is 0.416 e. The molecule has 0 aromatic heterocycles. The number of carbonyl (C=O) groups is 4. The largest absolute Gasteiger partial charge is 0.493 e. The molecule has 0 saturated carbocycles. The Morgan fingerprint density at radius 3 is 0.912 bits per heavy atom. The summed E-state index contributed by atoms with van der Waals surface area (Å²) < 4.78 is 205. The molecule has 2 amide bonds. The van der Waals surface area contributed by atoms with Gasteiger partial charge in [0, 0.05) is 45.5 Å². The molecule has 0 unspecified atom stereocenters. The van der Waals surface area contributed by atoms with Gasteiger partial charge in [0.15, 0.2) is 23.0 Å². The first-order valence-electron chi connectivity index (χ1n) is 23.2. The topological polar surface area (TPSA) is 189 Å². The van der Waals surface area contributed by atoms with E-state index in [1.807, 2.05) is 0 Å². The molecule has 4 aromatic rings. The van der Waals surface area contributed by atoms with E-state index in [4.69, 9.17) is 28.4 Å². The molecule has 4 atom stereocenters. The molecule has 4 aromatic carbocycles. The van der Waals surface area contributed by atoms with Gasteiger partial charge < -0.3 is 48.1 Å². The Morgan fingerprint density at radius 2 is 0.688 bits per heavy atom. The zero-order valence-electron chi connectivity index (χ0n) is 43.7. The summed E-state index contributed by atoms with van der Waals surface area (Å²) >= 11 is 0. The summed E-state index contributed by atoms with van der Waals surface area (Å²) in [5.74, 6) is -2.96. The van der Waals surface area contributed by atoms with Crippen LogP contribution in [0, 0.1) is 0 Å². The third-order valence-corrected chi connectivity index (χ3v) is 12.4. The zero-order valence-corrected chi connectivity index (χ0v) is 43.7. The lowest BCUT2D eigenvalue weighted by atomic mass is 9.77. The number of hydrogen-bond donors (Lipinski definition) is 2. The molecule has 2 aliphatic heterocycles. The lowest BCUT2D eigenvalue weighted by molar-refractivity contribution is -0.158. The molecule has 0 radical (unpaired) electrons. The number of hydrogen-bond acceptors (Lipinski definition) is 14. The molecule has 28 heteroatoms. The van der Waals surface area contributed by atoms with Gasteiger partial charge in [0.1, 0.15) is 0 Å². The van der Waals surface area contributed by atoms with Crippen LogP contribution < -0.4 is 28.7 Å². The average Bonchev–Trinajstić information content (AvgIpc) is 3.50. The fraction of sp³-hybridized carbons (Fsp3) is 0.385. The van der Waals surface area contributed by atoms with Gasteiger partial charge in [0.25, 0.3) is 0 Å². The number of carbonyl (C=O) groups excluding carboxylic acids is 4. The molecule has 0 aliphatic carbocycles. The molecule has 16 nitrogen and oxygen atoms in total. The van der Waals surface area contributed by atoms with Crippen LogP contribution in [0.3, 0.4) is 0 Å². The molecule has 0 saturated heterocycles. The second kappa shape index (κ2) is 23.4. The minimum Gasteiger partial charge on any atom is -0.493 e. The van der Waals surface area contributed by atoms with Crippen LogP contribution in [0.4, 0.5) is 73.6 Å². The van der Waals surface area contributed by atoms with Gasteiger partial charge in [-0.25, -0.2) is 19.2 Å². The van der Waals surface area contributed by atoms with E-state index in [1.165, 1.54) is 66.6 Å². The van der Waals surface area contributed by atoms with Crippen molar-refractivity contribution < 1.29 is 120 Å². The number of halogens is 12. The standard InChI is InChI=1S/2C26H25F6NO7/c2*1-6-40-23(35)33-13(2)7-18(17-11-20(37-3)21(38-4)12-19(17)33)24(36,22(34)39-5)14-8-15(25(27,28)29)10-16(9-14)26(30,31)32/h2*7-13,36H,6H2,1-5H3/t13-,24+;13-,24-/m11/s1. The summed E-state index contributed by atoms with van der Waals surface area (Å²) in [7, 11) is 6.67. The van der Waals surface area contributed by atoms with E-state index in [9.17, 15) is 82.1 Å². The van der Waals surface area contributed by atoms with Crippen LogP contribution in [0.25, 0.3) is 11.1 Å². The molecule has 0 spiro atoms. The quantitative estimate of drug-likeness (QED) is 0.0774. The van der Waals surface area contributed by atoms with Crippen LogP contribution in [0.2, 0.25) is 0 Å². The van der Waals surface area contributed by atoms with Crippen molar-refractivity contribution in [1.82, 2.24) is 0 Å². The van der Waals surface area contributed by atoms with Crippen LogP contribution in [-0.2, 0) is 64.4 Å². The fourth-order valence-corrected chi connectivity index (χ4v) is 8.75. The number of methoxy groups -OCH3 is 6. The third-order valence-electron chi connectivity index (χ3n) is 12.4. The Morgan fingerprint density at radius 1 is 0.438 bits per heavy atom. The van der Waals surface area contributed by atoms with Crippen molar-refractivity contribution in [3.05, 3.63) is 117 Å². The van der Waals surface area contributed by atoms with E-state index in [-0.39, 0.29) is 95.1 Å². The van der Waals surface area contributed by atoms with Gasteiger partial charge in [0.05, 0.1) is 102 Å². The summed E-state index contributed by atoms with van der Waals surface area (Å²) in [5.41, 5.74) is -16.9. The van der Waals surface area contributed by atoms with Crippen molar-refractivity contribution in [3.63, 3.8) is 0 Å². The van der Waals surface area contributed by atoms with Gasteiger partial charge in [-0.3, -0.25) is 9.80 Å². The number of amides is 2. The summed E-state index contributed by atoms with van der Waals surface area (Å²) in [6, 6.07) is 3.62. The number of aliphatic hydroxyl groups is 2. The first-order chi connectivity index (χ1) is 37.1. The number of anilines is 2. The van der Waals surface area contributed by atoms with E-state index in [2.05, 4.69) is 9.47 Å². The molecular weight excluding hydrogens is 1100 g/mol. The monoisotopic (exact) mass is 1150 g/mol. The molecule has 436 valence electrons. The Hall–Kier alpha value is -7.88.